The van der Waals surface area contributed by atoms with Crippen LogP contribution in [0.15, 0.2) is 23.1 Å². The third-order valence-corrected chi connectivity index (χ3v) is 4.74. The fourth-order valence-electron chi connectivity index (χ4n) is 2.05. The zero-order valence-electron chi connectivity index (χ0n) is 10.4. The predicted octanol–water partition coefficient (Wildman–Crippen LogP) is 0.613. The zero-order valence-corrected chi connectivity index (χ0v) is 11.3. The Hall–Kier alpha value is -1.40. The van der Waals surface area contributed by atoms with Gasteiger partial charge in [-0.15, -0.1) is 0 Å². The van der Waals surface area contributed by atoms with Gasteiger partial charge >= 0.3 is 0 Å². The van der Waals surface area contributed by atoms with Crippen LogP contribution < -0.4 is 5.43 Å². The number of nitrogens with one attached hydrogen (secondary N) is 1. The van der Waals surface area contributed by atoms with Crippen molar-refractivity contribution in [2.45, 2.75) is 17.7 Å². The summed E-state index contributed by atoms with van der Waals surface area (Å²) in [5.74, 6) is -0.0331. The van der Waals surface area contributed by atoms with Gasteiger partial charge in [-0.3, -0.25) is 10.2 Å². The maximum absolute atomic E-state index is 11.8. The summed E-state index contributed by atoms with van der Waals surface area (Å²) in [5, 5.41) is 1.55. The summed E-state index contributed by atoms with van der Waals surface area (Å²) >= 11 is 0. The minimum Gasteiger partial charge on any atom is -0.285 e. The van der Waals surface area contributed by atoms with Gasteiger partial charge in [-0.1, -0.05) is 0 Å². The van der Waals surface area contributed by atoms with Crippen molar-refractivity contribution >= 4 is 15.7 Å². The molecule has 6 heteroatoms. The Bertz CT molecular complexity index is 579. The van der Waals surface area contributed by atoms with E-state index in [-0.39, 0.29) is 11.7 Å². The molecule has 1 aliphatic rings. The molecule has 98 valence electrons. The lowest BCUT2D eigenvalue weighted by molar-refractivity contribution is 0.0856. The van der Waals surface area contributed by atoms with Gasteiger partial charge in [0.1, 0.15) is 0 Å². The molecule has 0 bridgehead atoms. The van der Waals surface area contributed by atoms with E-state index in [9.17, 15) is 13.2 Å². The molecule has 0 spiro atoms. The first-order valence-corrected chi connectivity index (χ1v) is 7.39. The summed E-state index contributed by atoms with van der Waals surface area (Å²) in [5.41, 5.74) is 3.86. The van der Waals surface area contributed by atoms with E-state index in [0.29, 0.717) is 23.3 Å². The lowest BCUT2D eigenvalue weighted by Gasteiger charge is -2.17. The maximum atomic E-state index is 11.8. The van der Waals surface area contributed by atoms with Crippen LogP contribution in [0.4, 0.5) is 0 Å². The van der Waals surface area contributed by atoms with E-state index in [1.807, 2.05) is 0 Å². The van der Waals surface area contributed by atoms with Crippen LogP contribution in [-0.4, -0.2) is 39.2 Å². The molecule has 1 N–H and O–H groups in total. The molecule has 1 aromatic rings. The molecule has 0 saturated heterocycles. The highest BCUT2D eigenvalue weighted by Crippen LogP contribution is 2.25. The summed E-state index contributed by atoms with van der Waals surface area (Å²) in [7, 11) is 0.296. The van der Waals surface area contributed by atoms with Gasteiger partial charge in [0.15, 0.2) is 9.84 Å². The molecule has 0 aliphatic carbocycles. The fraction of sp³-hybridized carbons (Fsp3) is 0.417. The first-order valence-electron chi connectivity index (χ1n) is 5.74. The van der Waals surface area contributed by atoms with Gasteiger partial charge in [-0.05, 0) is 36.6 Å². The zero-order chi connectivity index (χ0) is 13.3. The Morgan fingerprint density at radius 2 is 2.06 bits per heavy atom. The Morgan fingerprint density at radius 1 is 1.33 bits per heavy atom. The van der Waals surface area contributed by atoms with Gasteiger partial charge in [-0.2, -0.15) is 0 Å². The van der Waals surface area contributed by atoms with Crippen LogP contribution in [0.5, 0.6) is 0 Å². The van der Waals surface area contributed by atoms with E-state index in [4.69, 9.17) is 0 Å². The first-order chi connectivity index (χ1) is 8.40. The fourth-order valence-corrected chi connectivity index (χ4v) is 3.63. The topological polar surface area (TPSA) is 66.5 Å². The third-order valence-electron chi connectivity index (χ3n) is 2.84. The smallest absolute Gasteiger partial charge is 0.265 e. The normalized spacial score (nSPS) is 17.3. The predicted molar refractivity (Wildman–Crippen MR) is 68.0 cm³/mol. The van der Waals surface area contributed by atoms with Crippen LogP contribution in [0.3, 0.4) is 0 Å². The minimum absolute atomic E-state index is 0.198. The molecule has 18 heavy (non-hydrogen) atoms. The lowest BCUT2D eigenvalue weighted by Crippen LogP contribution is -2.36. The minimum atomic E-state index is -3.15. The number of aryl methyl sites for hydroxylation is 1. The number of sulfone groups is 1. The van der Waals surface area contributed by atoms with E-state index >= 15 is 0 Å². The molecule has 1 amide bonds. The average Bonchev–Trinajstić information content (AvgIpc) is 2.27. The summed E-state index contributed by atoms with van der Waals surface area (Å²) in [6.45, 7) is 0. The van der Waals surface area contributed by atoms with Gasteiger partial charge in [0.25, 0.3) is 5.91 Å². The van der Waals surface area contributed by atoms with Crippen molar-refractivity contribution < 1.29 is 13.2 Å². The summed E-state index contributed by atoms with van der Waals surface area (Å²) in [6.07, 6.45) is 1.33. The van der Waals surface area contributed by atoms with Gasteiger partial charge in [-0.25, -0.2) is 13.4 Å². The molecule has 5 nitrogen and oxygen atoms in total. The molecule has 0 fully saturated rings. The first kappa shape index (κ1) is 13.0. The number of hydrogen-bond donors (Lipinski definition) is 1. The van der Waals surface area contributed by atoms with Gasteiger partial charge in [0, 0.05) is 19.7 Å². The molecule has 0 aromatic heterocycles. The number of benzene rings is 1. The van der Waals surface area contributed by atoms with Crippen molar-refractivity contribution in [1.82, 2.24) is 10.4 Å². The number of fused-ring (bicyclic) bond motifs is 1. The van der Waals surface area contributed by atoms with Gasteiger partial charge in [0.2, 0.25) is 0 Å². The molecule has 0 unspecified atom stereocenters. The number of hydrazine groups is 1. The van der Waals surface area contributed by atoms with Crippen molar-refractivity contribution in [1.29, 1.82) is 0 Å². The summed E-state index contributed by atoms with van der Waals surface area (Å²) < 4.78 is 23.6. The second kappa shape index (κ2) is 4.70. The second-order valence-electron chi connectivity index (χ2n) is 4.58. The highest BCUT2D eigenvalue weighted by molar-refractivity contribution is 7.91. The third kappa shape index (κ3) is 2.54. The van der Waals surface area contributed by atoms with Crippen molar-refractivity contribution in [2.24, 2.45) is 0 Å². The van der Waals surface area contributed by atoms with E-state index in [1.165, 1.54) is 6.07 Å². The van der Waals surface area contributed by atoms with Crippen LogP contribution in [0.25, 0.3) is 0 Å². The lowest BCUT2D eigenvalue weighted by atomic mass is 10.1. The molecule has 1 aromatic carbocycles. The average molecular weight is 268 g/mol. The van der Waals surface area contributed by atoms with Crippen LogP contribution in [0.1, 0.15) is 22.3 Å². The summed E-state index contributed by atoms with van der Waals surface area (Å²) in [6, 6.07) is 4.76. The van der Waals surface area contributed by atoms with Crippen molar-refractivity contribution in [3.05, 3.63) is 29.3 Å². The standard InChI is InChI=1S/C12H16N2O3S/c1-14(2)13-12(15)10-5-6-11-9(8-10)4-3-7-18(11,16)17/h5-6,8H,3-4,7H2,1-2H3,(H,13,15). The largest absolute Gasteiger partial charge is 0.285 e. The quantitative estimate of drug-likeness (QED) is 0.798. The summed E-state index contributed by atoms with van der Waals surface area (Å²) in [4.78, 5) is 12.2. The number of rotatable bonds is 2. The Labute approximate surface area is 107 Å². The van der Waals surface area contributed by atoms with Crippen molar-refractivity contribution in [3.63, 3.8) is 0 Å². The Kier molecular flexibility index (Phi) is 3.41. The van der Waals surface area contributed by atoms with E-state index in [0.717, 1.165) is 5.56 Å². The van der Waals surface area contributed by atoms with Crippen LogP contribution >= 0.6 is 0 Å². The molecular weight excluding hydrogens is 252 g/mol. The molecule has 0 saturated carbocycles. The second-order valence-corrected chi connectivity index (χ2v) is 6.66. The van der Waals surface area contributed by atoms with Gasteiger partial charge < -0.3 is 0 Å². The highest BCUT2D eigenvalue weighted by atomic mass is 32.2. The molecule has 0 radical (unpaired) electrons. The number of hydrogen-bond acceptors (Lipinski definition) is 4. The highest BCUT2D eigenvalue weighted by Gasteiger charge is 2.24. The van der Waals surface area contributed by atoms with Gasteiger partial charge in [0.05, 0.1) is 10.6 Å². The SMILES string of the molecule is CN(C)NC(=O)c1ccc2c(c1)CCCS2(=O)=O. The van der Waals surface area contributed by atoms with Crippen LogP contribution in [0, 0.1) is 0 Å². The maximum Gasteiger partial charge on any atom is 0.265 e. The molecule has 0 atom stereocenters. The molecular formula is C12H16N2O3S. The van der Waals surface area contributed by atoms with Crippen molar-refractivity contribution in [3.8, 4) is 0 Å². The number of carbonyl (C=O) groups excluding carboxylic acids is 1. The van der Waals surface area contributed by atoms with E-state index in [2.05, 4.69) is 5.43 Å². The molecule has 1 aliphatic heterocycles. The number of nitrogens with zero attached hydrogens (tertiary/aromatic N) is 1. The Morgan fingerprint density at radius 3 is 2.72 bits per heavy atom. The monoisotopic (exact) mass is 268 g/mol. The number of amides is 1. The van der Waals surface area contributed by atoms with Crippen LogP contribution in [-0.2, 0) is 16.3 Å². The Balaban J connectivity index is 2.36. The molecule has 1 heterocycles. The van der Waals surface area contributed by atoms with E-state index < -0.39 is 9.84 Å². The van der Waals surface area contributed by atoms with E-state index in [1.54, 1.807) is 31.2 Å². The van der Waals surface area contributed by atoms with Crippen LogP contribution in [0.2, 0.25) is 0 Å². The number of carbonyl (C=O) groups is 1. The van der Waals surface area contributed by atoms with Crippen molar-refractivity contribution in [2.75, 3.05) is 19.8 Å². The molecule has 2 rings (SSSR count).